The molecule has 0 spiro atoms. The van der Waals surface area contributed by atoms with Gasteiger partial charge in [0.05, 0.1) is 17.8 Å². The van der Waals surface area contributed by atoms with Crippen molar-refractivity contribution in [2.45, 2.75) is 39.1 Å². The van der Waals surface area contributed by atoms with Crippen LogP contribution in [0.2, 0.25) is 0 Å². The number of hydrogen-bond acceptors (Lipinski definition) is 4. The van der Waals surface area contributed by atoms with Gasteiger partial charge >= 0.3 is 0 Å². The second-order valence-corrected chi connectivity index (χ2v) is 6.77. The number of aromatic hydroxyl groups is 1. The van der Waals surface area contributed by atoms with Gasteiger partial charge in [0.1, 0.15) is 11.8 Å². The van der Waals surface area contributed by atoms with Crippen LogP contribution < -0.4 is 0 Å². The third-order valence-electron chi connectivity index (χ3n) is 4.28. The van der Waals surface area contributed by atoms with Crippen LogP contribution in [0.5, 0.6) is 5.75 Å². The Balaban J connectivity index is 0.00000126. The molecule has 0 unspecified atom stereocenters. The Morgan fingerprint density at radius 2 is 1.78 bits per heavy atom. The Hall–Kier alpha value is -2.71. The number of nitrogens with zero attached hydrogens (tertiary/aromatic N) is 3. The minimum atomic E-state index is -0.000737. The fraction of sp³-hybridized carbons (Fsp3) is 0.273. The highest BCUT2D eigenvalue weighted by atomic mass is 32.2. The topological polar surface area (TPSA) is 61.8 Å². The number of thioether (sulfide) groups is 1. The maximum atomic E-state index is 9.97. The fourth-order valence-corrected chi connectivity index (χ4v) is 3.36. The van der Waals surface area contributed by atoms with E-state index in [0.717, 1.165) is 22.5 Å². The summed E-state index contributed by atoms with van der Waals surface area (Å²) in [6.45, 7) is 8.69. The summed E-state index contributed by atoms with van der Waals surface area (Å²) >= 11 is 1.73. The van der Waals surface area contributed by atoms with Gasteiger partial charge in [-0.2, -0.15) is 10.4 Å². The van der Waals surface area contributed by atoms with Crippen LogP contribution in [0.1, 0.15) is 36.4 Å². The van der Waals surface area contributed by atoms with Crippen LogP contribution in [0.3, 0.4) is 0 Å². The van der Waals surface area contributed by atoms with Gasteiger partial charge in [-0.25, -0.2) is 0 Å². The molecule has 0 atom stereocenters. The standard InChI is InChI=1S/C20H19N3OS.C2H6/c1-13-20(16-6-7-17(11-21)19(24)10-16)14(2)23(22-13)12-15-4-8-18(25-3)9-5-15;1-2/h4-10,24H,12H2,1-3H3;1-2H3. The molecule has 0 radical (unpaired) electrons. The van der Waals surface area contributed by atoms with E-state index in [1.807, 2.05) is 44.5 Å². The largest absolute Gasteiger partial charge is 0.507 e. The molecule has 0 saturated heterocycles. The summed E-state index contributed by atoms with van der Waals surface area (Å²) in [5.74, 6) is -0.000737. The molecule has 1 heterocycles. The highest BCUT2D eigenvalue weighted by Gasteiger charge is 2.15. The average Bonchev–Trinajstić information content (AvgIpc) is 2.97. The highest BCUT2D eigenvalue weighted by Crippen LogP contribution is 2.31. The van der Waals surface area contributed by atoms with Crippen LogP contribution in [0.4, 0.5) is 0 Å². The molecule has 1 aromatic heterocycles. The molecule has 0 fully saturated rings. The number of phenolic OH excluding ortho intramolecular Hbond substituents is 1. The van der Waals surface area contributed by atoms with Crippen molar-refractivity contribution in [2.24, 2.45) is 0 Å². The highest BCUT2D eigenvalue weighted by molar-refractivity contribution is 7.98. The van der Waals surface area contributed by atoms with E-state index in [-0.39, 0.29) is 11.3 Å². The SMILES string of the molecule is CC.CSc1ccc(Cn2nc(C)c(-c3ccc(C#N)c(O)c3)c2C)cc1. The van der Waals surface area contributed by atoms with Crippen molar-refractivity contribution < 1.29 is 5.11 Å². The van der Waals surface area contributed by atoms with Crippen molar-refractivity contribution in [3.63, 3.8) is 0 Å². The molecule has 0 aliphatic heterocycles. The molecular weight excluding hydrogens is 354 g/mol. The molecule has 2 aromatic carbocycles. The third-order valence-corrected chi connectivity index (χ3v) is 5.02. The van der Waals surface area contributed by atoms with E-state index in [1.54, 1.807) is 23.9 Å². The van der Waals surface area contributed by atoms with E-state index in [2.05, 4.69) is 35.6 Å². The molecule has 0 bridgehead atoms. The lowest BCUT2D eigenvalue weighted by Crippen LogP contribution is -2.04. The van der Waals surface area contributed by atoms with Gasteiger partial charge in [0.2, 0.25) is 0 Å². The predicted molar refractivity (Wildman–Crippen MR) is 112 cm³/mol. The normalized spacial score (nSPS) is 10.1. The lowest BCUT2D eigenvalue weighted by Gasteiger charge is -2.07. The molecule has 3 rings (SSSR count). The summed E-state index contributed by atoms with van der Waals surface area (Å²) in [5.41, 5.74) is 5.28. The molecule has 0 aliphatic carbocycles. The summed E-state index contributed by atoms with van der Waals surface area (Å²) in [6, 6.07) is 15.6. The van der Waals surface area contributed by atoms with Crippen molar-refractivity contribution in [1.82, 2.24) is 9.78 Å². The van der Waals surface area contributed by atoms with Crippen LogP contribution in [0.25, 0.3) is 11.1 Å². The maximum Gasteiger partial charge on any atom is 0.133 e. The van der Waals surface area contributed by atoms with Crippen LogP contribution in [-0.4, -0.2) is 21.1 Å². The second kappa shape index (κ2) is 9.29. The van der Waals surface area contributed by atoms with Gasteiger partial charge < -0.3 is 5.11 Å². The number of rotatable bonds is 4. The van der Waals surface area contributed by atoms with E-state index < -0.39 is 0 Å². The van der Waals surface area contributed by atoms with Gasteiger partial charge in [0.15, 0.2) is 0 Å². The van der Waals surface area contributed by atoms with Gasteiger partial charge in [0, 0.05) is 16.2 Å². The van der Waals surface area contributed by atoms with Crippen molar-refractivity contribution in [1.29, 1.82) is 5.26 Å². The number of aromatic nitrogens is 2. The van der Waals surface area contributed by atoms with Crippen molar-refractivity contribution in [3.8, 4) is 22.9 Å². The molecule has 3 aromatic rings. The molecule has 5 heteroatoms. The number of hydrogen-bond donors (Lipinski definition) is 1. The molecule has 4 nitrogen and oxygen atoms in total. The number of nitriles is 1. The first-order chi connectivity index (χ1) is 13.0. The predicted octanol–water partition coefficient (Wildman–Crippen LogP) is 5.54. The summed E-state index contributed by atoms with van der Waals surface area (Å²) in [6.07, 6.45) is 2.06. The quantitative estimate of drug-likeness (QED) is 0.605. The van der Waals surface area contributed by atoms with E-state index in [0.29, 0.717) is 6.54 Å². The maximum absolute atomic E-state index is 9.97. The Morgan fingerprint density at radius 1 is 1.11 bits per heavy atom. The van der Waals surface area contributed by atoms with E-state index in [4.69, 9.17) is 5.26 Å². The van der Waals surface area contributed by atoms with Crippen molar-refractivity contribution in [2.75, 3.05) is 6.26 Å². The molecule has 1 N–H and O–H groups in total. The minimum Gasteiger partial charge on any atom is -0.507 e. The first-order valence-electron chi connectivity index (χ1n) is 8.94. The first-order valence-corrected chi connectivity index (χ1v) is 10.2. The summed E-state index contributed by atoms with van der Waals surface area (Å²) in [5, 5.41) is 23.6. The zero-order valence-corrected chi connectivity index (χ0v) is 17.3. The van der Waals surface area contributed by atoms with E-state index in [9.17, 15) is 5.11 Å². The molecule has 0 aliphatic rings. The van der Waals surface area contributed by atoms with Gasteiger partial charge in [-0.15, -0.1) is 11.8 Å². The molecule has 27 heavy (non-hydrogen) atoms. The molecule has 140 valence electrons. The molecule has 0 amide bonds. The van der Waals surface area contributed by atoms with Crippen molar-refractivity contribution >= 4 is 11.8 Å². The summed E-state index contributed by atoms with van der Waals surface area (Å²) in [7, 11) is 0. The Labute approximate surface area is 165 Å². The van der Waals surface area contributed by atoms with Gasteiger partial charge in [-0.3, -0.25) is 4.68 Å². The summed E-state index contributed by atoms with van der Waals surface area (Å²) < 4.78 is 1.98. The average molecular weight is 380 g/mol. The number of phenols is 1. The fourth-order valence-electron chi connectivity index (χ4n) is 2.95. The number of benzene rings is 2. The lowest BCUT2D eigenvalue weighted by molar-refractivity contribution is 0.474. The van der Waals surface area contributed by atoms with Crippen LogP contribution in [0, 0.1) is 25.2 Å². The smallest absolute Gasteiger partial charge is 0.133 e. The monoisotopic (exact) mass is 379 g/mol. The molecular formula is C22H25N3OS. The Bertz CT molecular complexity index is 953. The zero-order valence-electron chi connectivity index (χ0n) is 16.4. The van der Waals surface area contributed by atoms with E-state index in [1.165, 1.54) is 10.5 Å². The van der Waals surface area contributed by atoms with E-state index >= 15 is 0 Å². The Morgan fingerprint density at radius 3 is 2.33 bits per heavy atom. The van der Waals surface area contributed by atoms with Gasteiger partial charge in [-0.1, -0.05) is 32.0 Å². The minimum absolute atomic E-state index is 0.000737. The number of aryl methyl sites for hydroxylation is 1. The van der Waals surface area contributed by atoms with Gasteiger partial charge in [-0.05, 0) is 55.5 Å². The van der Waals surface area contributed by atoms with Crippen LogP contribution in [0.15, 0.2) is 47.4 Å². The lowest BCUT2D eigenvalue weighted by atomic mass is 10.0. The van der Waals surface area contributed by atoms with Crippen molar-refractivity contribution in [3.05, 3.63) is 65.0 Å². The Kier molecular flexibility index (Phi) is 7.09. The first kappa shape index (κ1) is 20.6. The second-order valence-electron chi connectivity index (χ2n) is 5.90. The molecule has 0 saturated carbocycles. The van der Waals surface area contributed by atoms with Crippen LogP contribution >= 0.6 is 11.8 Å². The van der Waals surface area contributed by atoms with Gasteiger partial charge in [0.25, 0.3) is 0 Å². The third kappa shape index (κ3) is 4.53. The van der Waals surface area contributed by atoms with Crippen LogP contribution in [-0.2, 0) is 6.54 Å². The summed E-state index contributed by atoms with van der Waals surface area (Å²) in [4.78, 5) is 1.24. The zero-order chi connectivity index (χ0) is 20.0.